The van der Waals surface area contributed by atoms with E-state index < -0.39 is 0 Å². The van der Waals surface area contributed by atoms with Gasteiger partial charge in [0.15, 0.2) is 4.34 Å². The van der Waals surface area contributed by atoms with Crippen LogP contribution in [0.25, 0.3) is 0 Å². The number of nitrogens with zero attached hydrogens (tertiary/aromatic N) is 2. The third-order valence-electron chi connectivity index (χ3n) is 2.85. The van der Waals surface area contributed by atoms with E-state index in [1.54, 1.807) is 0 Å². The summed E-state index contributed by atoms with van der Waals surface area (Å²) in [5.41, 5.74) is 1.06. The lowest BCUT2D eigenvalue weighted by Gasteiger charge is -2.00. The molecule has 3 rings (SSSR count). The molecule has 1 aliphatic rings. The van der Waals surface area contributed by atoms with Crippen molar-refractivity contribution in [1.29, 1.82) is 0 Å². The molecule has 0 aliphatic heterocycles. The van der Waals surface area contributed by atoms with Crippen molar-refractivity contribution >= 4 is 51.4 Å². The van der Waals surface area contributed by atoms with Crippen molar-refractivity contribution in [1.82, 2.24) is 15.5 Å². The predicted molar refractivity (Wildman–Crippen MR) is 88.8 cm³/mol. The van der Waals surface area contributed by atoms with Crippen LogP contribution in [-0.2, 0) is 4.79 Å². The highest BCUT2D eigenvalue weighted by molar-refractivity contribution is 8.01. The molecule has 116 valence electrons. The molecule has 1 fully saturated rings. The lowest BCUT2D eigenvalue weighted by molar-refractivity contribution is -0.118. The van der Waals surface area contributed by atoms with E-state index in [-0.39, 0.29) is 11.8 Å². The van der Waals surface area contributed by atoms with E-state index in [0.29, 0.717) is 26.1 Å². The van der Waals surface area contributed by atoms with Gasteiger partial charge in [0, 0.05) is 6.04 Å². The van der Waals surface area contributed by atoms with Crippen LogP contribution in [0, 0.1) is 6.92 Å². The molecule has 6 nitrogen and oxygen atoms in total. The molecule has 0 saturated heterocycles. The van der Waals surface area contributed by atoms with Crippen molar-refractivity contribution in [3.8, 4) is 0 Å². The maximum Gasteiger partial charge on any atom is 0.267 e. The number of thiophene rings is 1. The lowest BCUT2D eigenvalue weighted by Crippen LogP contribution is -2.26. The Hall–Kier alpha value is -1.45. The first-order valence-electron chi connectivity index (χ1n) is 6.72. The Balaban J connectivity index is 1.50. The van der Waals surface area contributed by atoms with Crippen LogP contribution in [0.5, 0.6) is 0 Å². The highest BCUT2D eigenvalue weighted by Crippen LogP contribution is 2.26. The Bertz CT molecular complexity index is 693. The predicted octanol–water partition coefficient (Wildman–Crippen LogP) is 2.53. The second kappa shape index (κ2) is 6.76. The molecule has 0 spiro atoms. The molecule has 0 aromatic carbocycles. The average Bonchev–Trinajstić information content (AvgIpc) is 2.99. The normalized spacial score (nSPS) is 13.9. The summed E-state index contributed by atoms with van der Waals surface area (Å²) in [4.78, 5) is 24.2. The minimum atomic E-state index is -0.183. The summed E-state index contributed by atoms with van der Waals surface area (Å²) in [5.74, 6) is 0.156. The van der Waals surface area contributed by atoms with Crippen LogP contribution in [0.15, 0.2) is 15.8 Å². The quantitative estimate of drug-likeness (QED) is 0.615. The number of rotatable bonds is 6. The fourth-order valence-electron chi connectivity index (χ4n) is 1.65. The lowest BCUT2D eigenvalue weighted by atomic mass is 10.3. The standard InChI is InChI=1S/C13H14N4O2S3/c1-7-4-9(20-5-7)11(19)15-12-16-17-13(22-12)21-6-10(18)14-8-2-3-8/h4-5,8H,2-3,6H2,1H3,(H,14,18)(H,15,16,19). The van der Waals surface area contributed by atoms with Crippen LogP contribution in [-0.4, -0.2) is 33.8 Å². The first kappa shape index (κ1) is 15.4. The smallest absolute Gasteiger partial charge is 0.267 e. The van der Waals surface area contributed by atoms with Gasteiger partial charge in [0.25, 0.3) is 5.91 Å². The first-order valence-corrected chi connectivity index (χ1v) is 9.40. The monoisotopic (exact) mass is 354 g/mol. The second-order valence-corrected chi connectivity index (χ2v) is 8.06. The number of hydrogen-bond donors (Lipinski definition) is 2. The maximum atomic E-state index is 12.0. The van der Waals surface area contributed by atoms with Crippen LogP contribution in [0.4, 0.5) is 5.13 Å². The van der Waals surface area contributed by atoms with Gasteiger partial charge in [-0.2, -0.15) is 0 Å². The molecule has 0 unspecified atom stereocenters. The zero-order valence-electron chi connectivity index (χ0n) is 11.8. The van der Waals surface area contributed by atoms with Crippen LogP contribution in [0.1, 0.15) is 28.1 Å². The fraction of sp³-hybridized carbons (Fsp3) is 0.385. The number of hydrogen-bond acceptors (Lipinski definition) is 7. The molecule has 2 amide bonds. The van der Waals surface area contributed by atoms with Crippen LogP contribution >= 0.6 is 34.4 Å². The van der Waals surface area contributed by atoms with E-state index in [4.69, 9.17) is 0 Å². The third-order valence-corrected chi connectivity index (χ3v) is 5.87. The topological polar surface area (TPSA) is 84.0 Å². The van der Waals surface area contributed by atoms with Crippen molar-refractivity contribution in [2.75, 3.05) is 11.1 Å². The first-order chi connectivity index (χ1) is 10.6. The van der Waals surface area contributed by atoms with Gasteiger partial charge in [-0.3, -0.25) is 14.9 Å². The zero-order valence-corrected chi connectivity index (χ0v) is 14.2. The molecule has 0 atom stereocenters. The zero-order chi connectivity index (χ0) is 15.5. The number of aromatic nitrogens is 2. The van der Waals surface area contributed by atoms with E-state index in [2.05, 4.69) is 20.8 Å². The summed E-state index contributed by atoms with van der Waals surface area (Å²) in [7, 11) is 0. The summed E-state index contributed by atoms with van der Waals surface area (Å²) >= 11 is 4.00. The molecular formula is C13H14N4O2S3. The number of nitrogens with one attached hydrogen (secondary N) is 2. The van der Waals surface area contributed by atoms with Gasteiger partial charge in [0.1, 0.15) is 0 Å². The SMILES string of the molecule is Cc1csc(C(=O)Nc2nnc(SCC(=O)NC3CC3)s2)c1. The molecule has 22 heavy (non-hydrogen) atoms. The number of aryl methyl sites for hydroxylation is 1. The summed E-state index contributed by atoms with van der Waals surface area (Å²) in [6.07, 6.45) is 2.15. The van der Waals surface area contributed by atoms with Crippen LogP contribution in [0.2, 0.25) is 0 Å². The van der Waals surface area contributed by atoms with E-state index in [1.807, 2.05) is 18.4 Å². The molecule has 2 aromatic rings. The fourth-order valence-corrected chi connectivity index (χ4v) is 4.00. The van der Waals surface area contributed by atoms with Crippen molar-refractivity contribution in [2.24, 2.45) is 0 Å². The Morgan fingerprint density at radius 2 is 2.23 bits per heavy atom. The Labute approximate surface area is 139 Å². The van der Waals surface area contributed by atoms with Gasteiger partial charge in [0.2, 0.25) is 11.0 Å². The molecule has 2 heterocycles. The molecule has 1 aliphatic carbocycles. The van der Waals surface area contributed by atoms with Crippen LogP contribution in [0.3, 0.4) is 0 Å². The van der Waals surface area contributed by atoms with E-state index in [9.17, 15) is 9.59 Å². The molecule has 2 aromatic heterocycles. The highest BCUT2D eigenvalue weighted by atomic mass is 32.2. The van der Waals surface area contributed by atoms with E-state index in [1.165, 1.54) is 34.4 Å². The highest BCUT2D eigenvalue weighted by Gasteiger charge is 2.23. The summed E-state index contributed by atoms with van der Waals surface area (Å²) in [5, 5.41) is 15.9. The number of amides is 2. The average molecular weight is 354 g/mol. The van der Waals surface area contributed by atoms with Gasteiger partial charge >= 0.3 is 0 Å². The molecular weight excluding hydrogens is 340 g/mol. The van der Waals surface area contributed by atoms with Gasteiger partial charge in [-0.15, -0.1) is 21.5 Å². The van der Waals surface area contributed by atoms with Gasteiger partial charge in [0.05, 0.1) is 10.6 Å². The largest absolute Gasteiger partial charge is 0.353 e. The van der Waals surface area contributed by atoms with Gasteiger partial charge in [-0.25, -0.2) is 0 Å². The number of carbonyl (C=O) groups is 2. The van der Waals surface area contributed by atoms with Gasteiger partial charge in [-0.05, 0) is 36.8 Å². The molecule has 0 radical (unpaired) electrons. The third kappa shape index (κ3) is 4.28. The Morgan fingerprint density at radius 1 is 1.41 bits per heavy atom. The molecule has 0 bridgehead atoms. The second-order valence-electron chi connectivity index (χ2n) is 4.95. The molecule has 2 N–H and O–H groups in total. The summed E-state index contributed by atoms with van der Waals surface area (Å²) in [6, 6.07) is 2.20. The maximum absolute atomic E-state index is 12.0. The van der Waals surface area contributed by atoms with Crippen molar-refractivity contribution in [2.45, 2.75) is 30.1 Å². The van der Waals surface area contributed by atoms with E-state index in [0.717, 1.165) is 18.4 Å². The summed E-state index contributed by atoms with van der Waals surface area (Å²) < 4.78 is 0.670. The van der Waals surface area contributed by atoms with E-state index >= 15 is 0 Å². The van der Waals surface area contributed by atoms with Crippen molar-refractivity contribution in [3.63, 3.8) is 0 Å². The Kier molecular flexibility index (Phi) is 4.74. The number of anilines is 1. The minimum absolute atomic E-state index is 0.0161. The van der Waals surface area contributed by atoms with Crippen molar-refractivity contribution < 1.29 is 9.59 Å². The number of thioether (sulfide) groups is 1. The number of carbonyl (C=O) groups excluding carboxylic acids is 2. The van der Waals surface area contributed by atoms with Gasteiger partial charge < -0.3 is 5.32 Å². The van der Waals surface area contributed by atoms with Crippen LogP contribution < -0.4 is 10.6 Å². The molecule has 9 heteroatoms. The van der Waals surface area contributed by atoms with Crippen molar-refractivity contribution in [3.05, 3.63) is 21.9 Å². The molecule has 1 saturated carbocycles. The van der Waals surface area contributed by atoms with Gasteiger partial charge in [-0.1, -0.05) is 23.1 Å². The Morgan fingerprint density at radius 3 is 2.91 bits per heavy atom. The minimum Gasteiger partial charge on any atom is -0.353 e. The summed E-state index contributed by atoms with van der Waals surface area (Å²) in [6.45, 7) is 1.94.